The van der Waals surface area contributed by atoms with Gasteiger partial charge in [0.2, 0.25) is 5.78 Å². The molecule has 0 radical (unpaired) electrons. The molecule has 3 heteroatoms. The third-order valence-electron chi connectivity index (χ3n) is 0.578. The number of Topliss-reactive ketones (excluding diaryl/α,β-unsaturated/α-hetero) is 2. The minimum Gasteiger partial charge on any atom is -0.324 e. The van der Waals surface area contributed by atoms with Crippen molar-refractivity contribution >= 4 is 11.6 Å². The van der Waals surface area contributed by atoms with Crippen molar-refractivity contribution in [3.05, 3.63) is 0 Å². The van der Waals surface area contributed by atoms with Crippen LogP contribution in [0.3, 0.4) is 0 Å². The molecule has 0 atom stereocenters. The second-order valence-corrected chi connectivity index (χ2v) is 1.18. The number of carbonyl (C=O) groups excluding carboxylic acids is 2. The molecule has 0 unspecified atom stereocenters. The van der Waals surface area contributed by atoms with E-state index in [0.29, 0.717) is 0 Å². The maximum atomic E-state index is 10.0. The average Bonchev–Trinajstić information content (AvgIpc) is 2.10. The fraction of sp³-hybridized carbons (Fsp3) is 0.750. The minimum absolute atomic E-state index is 0.171. The maximum absolute atomic E-state index is 10.0. The van der Waals surface area contributed by atoms with Crippen molar-refractivity contribution in [2.45, 2.75) is 34.6 Å². The lowest BCUT2D eigenvalue weighted by atomic mass is 10.3. The van der Waals surface area contributed by atoms with Crippen molar-refractivity contribution in [3.63, 3.8) is 0 Å². The van der Waals surface area contributed by atoms with Crippen LogP contribution in [-0.2, 0) is 9.59 Å². The second kappa shape index (κ2) is 16.1. The average molecular weight is 161 g/mol. The second-order valence-electron chi connectivity index (χ2n) is 1.18. The van der Waals surface area contributed by atoms with Gasteiger partial charge in [0.1, 0.15) is 0 Å². The molecule has 0 saturated carbocycles. The Morgan fingerprint density at radius 1 is 1.09 bits per heavy atom. The van der Waals surface area contributed by atoms with Gasteiger partial charge in [-0.3, -0.25) is 9.59 Å². The Morgan fingerprint density at radius 3 is 1.36 bits per heavy atom. The molecular formula is C8H19NO2. The fourth-order valence-electron chi connectivity index (χ4n) is 0.144. The first-order chi connectivity index (χ1) is 5.18. The zero-order valence-corrected chi connectivity index (χ0v) is 8.10. The largest absolute Gasteiger partial charge is 0.324 e. The molecule has 0 fully saturated rings. The summed E-state index contributed by atoms with van der Waals surface area (Å²) in [4.78, 5) is 20.0. The Balaban J connectivity index is -0.000000138. The predicted octanol–water partition coefficient (Wildman–Crippen LogP) is 1.16. The highest BCUT2D eigenvalue weighted by Gasteiger charge is 2.01. The highest BCUT2D eigenvalue weighted by molar-refractivity contribution is 6.36. The summed E-state index contributed by atoms with van der Waals surface area (Å²) < 4.78 is 0. The molecule has 0 bridgehead atoms. The number of rotatable bonds is 2. The summed E-state index contributed by atoms with van der Waals surface area (Å²) in [7, 11) is 0. The first kappa shape index (κ1) is 16.7. The molecular weight excluding hydrogens is 142 g/mol. The van der Waals surface area contributed by atoms with Crippen molar-refractivity contribution in [1.82, 2.24) is 0 Å². The molecule has 0 rings (SSSR count). The van der Waals surface area contributed by atoms with E-state index < -0.39 is 11.6 Å². The van der Waals surface area contributed by atoms with Crippen LogP contribution in [0.15, 0.2) is 0 Å². The highest BCUT2D eigenvalue weighted by Crippen LogP contribution is 1.66. The lowest BCUT2D eigenvalue weighted by molar-refractivity contribution is -0.134. The van der Waals surface area contributed by atoms with E-state index in [1.807, 2.05) is 27.7 Å². The third-order valence-corrected chi connectivity index (χ3v) is 0.578. The first-order valence-electron chi connectivity index (χ1n) is 3.92. The predicted molar refractivity (Wildman–Crippen MR) is 47.4 cm³/mol. The Labute approximate surface area is 69.0 Å². The quantitative estimate of drug-likeness (QED) is 0.618. The van der Waals surface area contributed by atoms with Crippen LogP contribution in [-0.4, -0.2) is 18.1 Å². The van der Waals surface area contributed by atoms with Gasteiger partial charge in [-0.2, -0.15) is 0 Å². The molecule has 3 nitrogen and oxygen atoms in total. The molecule has 0 aromatic heterocycles. The van der Waals surface area contributed by atoms with Crippen LogP contribution in [0.25, 0.3) is 0 Å². The molecule has 0 aliphatic heterocycles. The molecule has 68 valence electrons. The topological polar surface area (TPSA) is 60.2 Å². The van der Waals surface area contributed by atoms with Gasteiger partial charge in [-0.15, -0.1) is 0 Å². The summed E-state index contributed by atoms with van der Waals surface area (Å²) >= 11 is 0. The molecule has 0 aliphatic carbocycles. The Kier molecular flexibility index (Phi) is 24.5. The summed E-state index contributed by atoms with van der Waals surface area (Å²) in [5.41, 5.74) is 4.80. The molecule has 2 N–H and O–H groups in total. The summed E-state index contributed by atoms with van der Waals surface area (Å²) in [6.07, 6.45) is 0. The number of hydrogen-bond acceptors (Lipinski definition) is 3. The molecule has 0 amide bonds. The molecule has 0 saturated heterocycles. The Bertz CT molecular complexity index is 100. The molecule has 11 heavy (non-hydrogen) atoms. The van der Waals surface area contributed by atoms with Gasteiger partial charge in [-0.1, -0.05) is 27.7 Å². The van der Waals surface area contributed by atoms with Gasteiger partial charge >= 0.3 is 0 Å². The molecule has 0 aliphatic rings. The standard InChI is InChI=1S/C4H7NO2.2C2H6/c1-3(6)4(7)2-5;2*1-2/h2,5H2,1H3;2*1-2H3. The number of carbonyl (C=O) groups is 2. The van der Waals surface area contributed by atoms with Crippen LogP contribution in [0.1, 0.15) is 34.6 Å². The molecule has 0 spiro atoms. The number of ketones is 2. The van der Waals surface area contributed by atoms with Crippen molar-refractivity contribution in [3.8, 4) is 0 Å². The summed E-state index contributed by atoms with van der Waals surface area (Å²) in [6.45, 7) is 9.03. The van der Waals surface area contributed by atoms with Crippen LogP contribution in [0.2, 0.25) is 0 Å². The zero-order chi connectivity index (χ0) is 9.86. The van der Waals surface area contributed by atoms with E-state index in [9.17, 15) is 9.59 Å². The first-order valence-corrected chi connectivity index (χ1v) is 3.92. The van der Waals surface area contributed by atoms with Crippen LogP contribution in [0, 0.1) is 0 Å². The van der Waals surface area contributed by atoms with Crippen LogP contribution < -0.4 is 5.73 Å². The number of nitrogens with two attached hydrogens (primary N) is 1. The normalized spacial score (nSPS) is 6.36. The lowest BCUT2D eigenvalue weighted by Gasteiger charge is -1.82. The van der Waals surface area contributed by atoms with Gasteiger partial charge in [-0.25, -0.2) is 0 Å². The van der Waals surface area contributed by atoms with Crippen molar-refractivity contribution in [2.24, 2.45) is 5.73 Å². The van der Waals surface area contributed by atoms with E-state index in [0.717, 1.165) is 0 Å². The minimum atomic E-state index is -0.514. The zero-order valence-electron chi connectivity index (χ0n) is 8.10. The van der Waals surface area contributed by atoms with E-state index in [1.54, 1.807) is 0 Å². The Morgan fingerprint density at radius 2 is 1.36 bits per heavy atom. The molecule has 0 heterocycles. The highest BCUT2D eigenvalue weighted by atomic mass is 16.2. The molecule has 0 aromatic carbocycles. The van der Waals surface area contributed by atoms with E-state index in [4.69, 9.17) is 5.73 Å². The van der Waals surface area contributed by atoms with Gasteiger partial charge in [0.25, 0.3) is 0 Å². The van der Waals surface area contributed by atoms with Gasteiger partial charge in [0, 0.05) is 6.92 Å². The van der Waals surface area contributed by atoms with Crippen LogP contribution in [0.4, 0.5) is 0 Å². The van der Waals surface area contributed by atoms with Gasteiger partial charge in [0.05, 0.1) is 6.54 Å². The Hall–Kier alpha value is -0.700. The van der Waals surface area contributed by atoms with Crippen molar-refractivity contribution in [2.75, 3.05) is 6.54 Å². The smallest absolute Gasteiger partial charge is 0.211 e. The van der Waals surface area contributed by atoms with Gasteiger partial charge in [0.15, 0.2) is 5.78 Å². The van der Waals surface area contributed by atoms with Gasteiger partial charge in [-0.05, 0) is 0 Å². The maximum Gasteiger partial charge on any atom is 0.211 e. The van der Waals surface area contributed by atoms with E-state index >= 15 is 0 Å². The SMILES string of the molecule is CC.CC.CC(=O)C(=O)CN. The summed E-state index contributed by atoms with van der Waals surface area (Å²) in [5.74, 6) is -0.984. The van der Waals surface area contributed by atoms with E-state index in [-0.39, 0.29) is 6.54 Å². The van der Waals surface area contributed by atoms with Crippen molar-refractivity contribution in [1.29, 1.82) is 0 Å². The number of hydrogen-bond donors (Lipinski definition) is 1. The summed E-state index contributed by atoms with van der Waals surface area (Å²) in [6, 6.07) is 0. The van der Waals surface area contributed by atoms with Crippen LogP contribution >= 0.6 is 0 Å². The van der Waals surface area contributed by atoms with E-state index in [1.165, 1.54) is 6.92 Å². The van der Waals surface area contributed by atoms with Crippen LogP contribution in [0.5, 0.6) is 0 Å². The van der Waals surface area contributed by atoms with Gasteiger partial charge < -0.3 is 5.73 Å². The fourth-order valence-corrected chi connectivity index (χ4v) is 0.144. The van der Waals surface area contributed by atoms with E-state index in [2.05, 4.69) is 0 Å². The summed E-state index contributed by atoms with van der Waals surface area (Å²) in [5, 5.41) is 0. The monoisotopic (exact) mass is 161 g/mol. The van der Waals surface area contributed by atoms with Crippen molar-refractivity contribution < 1.29 is 9.59 Å². The molecule has 0 aromatic rings. The third kappa shape index (κ3) is 17.6. The lowest BCUT2D eigenvalue weighted by Crippen LogP contribution is -2.20.